The van der Waals surface area contributed by atoms with Crippen LogP contribution in [0.25, 0.3) is 0 Å². The minimum atomic E-state index is -0.466. The number of nitrogens with one attached hydrogen (secondary N) is 1. The maximum atomic E-state index is 12.5. The molecule has 1 heterocycles. The smallest absolute Gasteiger partial charge is 0.239 e. The van der Waals surface area contributed by atoms with Crippen LogP contribution in [0.3, 0.4) is 0 Å². The lowest BCUT2D eigenvalue weighted by atomic mass is 9.99. The molecule has 1 aliphatic heterocycles. The summed E-state index contributed by atoms with van der Waals surface area (Å²) < 4.78 is 16.6. The lowest BCUT2D eigenvalue weighted by molar-refractivity contribution is -0.135. The molecule has 2 unspecified atom stereocenters. The Morgan fingerprint density at radius 3 is 2.13 bits per heavy atom. The van der Waals surface area contributed by atoms with E-state index in [0.29, 0.717) is 52.7 Å². The second-order valence-electron chi connectivity index (χ2n) is 5.82. The van der Waals surface area contributed by atoms with Gasteiger partial charge in [0.15, 0.2) is 0 Å². The summed E-state index contributed by atoms with van der Waals surface area (Å²) in [6, 6.07) is -0.466. The first kappa shape index (κ1) is 20.3. The molecule has 0 aromatic rings. The van der Waals surface area contributed by atoms with Crippen LogP contribution in [0.15, 0.2) is 0 Å². The Morgan fingerprint density at radius 2 is 1.57 bits per heavy atom. The largest absolute Gasteiger partial charge is 0.378 e. The van der Waals surface area contributed by atoms with Gasteiger partial charge in [-0.1, -0.05) is 20.3 Å². The van der Waals surface area contributed by atoms with Gasteiger partial charge in [0.2, 0.25) is 5.91 Å². The summed E-state index contributed by atoms with van der Waals surface area (Å²) >= 11 is 0. The van der Waals surface area contributed by atoms with Gasteiger partial charge in [0.25, 0.3) is 0 Å². The molecule has 0 bridgehead atoms. The van der Waals surface area contributed by atoms with Crippen LogP contribution < -0.4 is 11.1 Å². The Morgan fingerprint density at radius 1 is 1.04 bits per heavy atom. The zero-order valence-corrected chi connectivity index (χ0v) is 14.6. The standard InChI is InChI=1S/C16H33N3O4/c1-3-14(2)15(17)16(20)19-6-10-21-8-4-18-5-9-22-12-13-23-11-7-19/h14-15,18H,3-13,17H2,1-2H3. The van der Waals surface area contributed by atoms with Crippen molar-refractivity contribution in [3.63, 3.8) is 0 Å². The van der Waals surface area contributed by atoms with Crippen LogP contribution in [0.5, 0.6) is 0 Å². The van der Waals surface area contributed by atoms with E-state index in [0.717, 1.165) is 19.5 Å². The first-order valence-corrected chi connectivity index (χ1v) is 8.65. The minimum absolute atomic E-state index is 0.0229. The van der Waals surface area contributed by atoms with Gasteiger partial charge in [0, 0.05) is 26.2 Å². The molecule has 1 rings (SSSR count). The van der Waals surface area contributed by atoms with Crippen molar-refractivity contribution in [3.8, 4) is 0 Å². The second-order valence-corrected chi connectivity index (χ2v) is 5.82. The molecular weight excluding hydrogens is 298 g/mol. The average Bonchev–Trinajstić information content (AvgIpc) is 2.58. The number of nitrogens with two attached hydrogens (primary N) is 1. The highest BCUT2D eigenvalue weighted by Crippen LogP contribution is 2.08. The number of carbonyl (C=O) groups is 1. The Balaban J connectivity index is 2.49. The molecular formula is C16H33N3O4. The van der Waals surface area contributed by atoms with Gasteiger partial charge in [0.05, 0.1) is 45.7 Å². The topological polar surface area (TPSA) is 86.1 Å². The number of nitrogens with zero attached hydrogens (tertiary/aromatic N) is 1. The molecule has 1 saturated heterocycles. The van der Waals surface area contributed by atoms with Gasteiger partial charge < -0.3 is 30.2 Å². The fourth-order valence-electron chi connectivity index (χ4n) is 2.23. The summed E-state index contributed by atoms with van der Waals surface area (Å²) in [5, 5.41) is 3.24. The summed E-state index contributed by atoms with van der Waals surface area (Å²) in [7, 11) is 0. The van der Waals surface area contributed by atoms with Crippen LogP contribution in [0.4, 0.5) is 0 Å². The minimum Gasteiger partial charge on any atom is -0.378 e. The third-order valence-corrected chi connectivity index (χ3v) is 4.08. The quantitative estimate of drug-likeness (QED) is 0.747. The van der Waals surface area contributed by atoms with Gasteiger partial charge in [-0.2, -0.15) is 0 Å². The van der Waals surface area contributed by atoms with Gasteiger partial charge in [-0.05, 0) is 5.92 Å². The number of ether oxygens (including phenoxy) is 3. The summed E-state index contributed by atoms with van der Waals surface area (Å²) in [5.41, 5.74) is 6.08. The van der Waals surface area contributed by atoms with Gasteiger partial charge >= 0.3 is 0 Å². The van der Waals surface area contributed by atoms with E-state index in [1.54, 1.807) is 4.90 Å². The summed E-state index contributed by atoms with van der Waals surface area (Å²) in [5.74, 6) is 0.142. The molecule has 0 aliphatic carbocycles. The lowest BCUT2D eigenvalue weighted by Gasteiger charge is -2.28. The number of carbonyl (C=O) groups excluding carboxylic acids is 1. The van der Waals surface area contributed by atoms with E-state index in [-0.39, 0.29) is 11.8 Å². The van der Waals surface area contributed by atoms with Crippen molar-refractivity contribution in [3.05, 3.63) is 0 Å². The maximum absolute atomic E-state index is 12.5. The fraction of sp³-hybridized carbons (Fsp3) is 0.938. The molecule has 1 fully saturated rings. The molecule has 0 aromatic heterocycles. The summed E-state index contributed by atoms with van der Waals surface area (Å²) in [6.45, 7) is 10.1. The zero-order valence-electron chi connectivity index (χ0n) is 14.6. The van der Waals surface area contributed by atoms with Crippen molar-refractivity contribution in [2.75, 3.05) is 65.8 Å². The summed E-state index contributed by atoms with van der Waals surface area (Å²) in [6.07, 6.45) is 0.886. The van der Waals surface area contributed by atoms with Crippen molar-refractivity contribution in [2.24, 2.45) is 11.7 Å². The van der Waals surface area contributed by atoms with Gasteiger partial charge in [-0.3, -0.25) is 4.79 Å². The Hall–Kier alpha value is -0.730. The van der Waals surface area contributed by atoms with Crippen molar-refractivity contribution in [1.82, 2.24) is 10.2 Å². The zero-order chi connectivity index (χ0) is 16.9. The molecule has 0 saturated carbocycles. The lowest BCUT2D eigenvalue weighted by Crippen LogP contribution is -2.49. The molecule has 7 nitrogen and oxygen atoms in total. The van der Waals surface area contributed by atoms with E-state index in [9.17, 15) is 4.79 Å². The predicted octanol–water partition coefficient (Wildman–Crippen LogP) is -0.159. The summed E-state index contributed by atoms with van der Waals surface area (Å²) in [4.78, 5) is 14.3. The predicted molar refractivity (Wildman–Crippen MR) is 89.3 cm³/mol. The van der Waals surface area contributed by atoms with Crippen molar-refractivity contribution >= 4 is 5.91 Å². The Labute approximate surface area is 139 Å². The molecule has 7 heteroatoms. The highest BCUT2D eigenvalue weighted by atomic mass is 16.5. The van der Waals surface area contributed by atoms with Crippen LogP contribution in [-0.4, -0.2) is 82.7 Å². The molecule has 1 aliphatic rings. The van der Waals surface area contributed by atoms with Gasteiger partial charge in [-0.25, -0.2) is 0 Å². The Bertz CT molecular complexity index is 302. The van der Waals surface area contributed by atoms with E-state index in [1.807, 2.05) is 13.8 Å². The molecule has 0 spiro atoms. The van der Waals surface area contributed by atoms with Crippen molar-refractivity contribution in [1.29, 1.82) is 0 Å². The molecule has 23 heavy (non-hydrogen) atoms. The first-order chi connectivity index (χ1) is 11.2. The van der Waals surface area contributed by atoms with Gasteiger partial charge in [0.1, 0.15) is 0 Å². The SMILES string of the molecule is CCC(C)C(N)C(=O)N1CCOCCNCCOCCOCC1. The van der Waals surface area contributed by atoms with E-state index in [2.05, 4.69) is 5.32 Å². The second kappa shape index (κ2) is 12.7. The van der Waals surface area contributed by atoms with E-state index >= 15 is 0 Å². The van der Waals surface area contributed by atoms with Crippen molar-refractivity contribution < 1.29 is 19.0 Å². The fourth-order valence-corrected chi connectivity index (χ4v) is 2.23. The number of hydrogen-bond donors (Lipinski definition) is 2. The maximum Gasteiger partial charge on any atom is 0.239 e. The Kier molecular flexibility index (Phi) is 11.2. The van der Waals surface area contributed by atoms with Crippen LogP contribution >= 0.6 is 0 Å². The van der Waals surface area contributed by atoms with E-state index < -0.39 is 6.04 Å². The van der Waals surface area contributed by atoms with E-state index in [4.69, 9.17) is 19.9 Å². The highest BCUT2D eigenvalue weighted by Gasteiger charge is 2.24. The number of rotatable bonds is 3. The van der Waals surface area contributed by atoms with Crippen LogP contribution in [0.2, 0.25) is 0 Å². The van der Waals surface area contributed by atoms with Crippen LogP contribution in [0.1, 0.15) is 20.3 Å². The van der Waals surface area contributed by atoms with Crippen molar-refractivity contribution in [2.45, 2.75) is 26.3 Å². The molecule has 1 amide bonds. The van der Waals surface area contributed by atoms with Crippen LogP contribution in [0, 0.1) is 5.92 Å². The monoisotopic (exact) mass is 331 g/mol. The molecule has 3 N–H and O–H groups in total. The third kappa shape index (κ3) is 8.62. The number of amides is 1. The third-order valence-electron chi connectivity index (χ3n) is 4.08. The average molecular weight is 331 g/mol. The molecule has 2 atom stereocenters. The number of hydrogen-bond acceptors (Lipinski definition) is 6. The molecule has 0 radical (unpaired) electrons. The van der Waals surface area contributed by atoms with E-state index in [1.165, 1.54) is 0 Å². The molecule has 136 valence electrons. The normalized spacial score (nSPS) is 22.7. The molecule has 0 aromatic carbocycles. The van der Waals surface area contributed by atoms with Crippen LogP contribution in [-0.2, 0) is 19.0 Å². The first-order valence-electron chi connectivity index (χ1n) is 8.65. The van der Waals surface area contributed by atoms with Gasteiger partial charge in [-0.15, -0.1) is 0 Å². The highest BCUT2D eigenvalue weighted by molar-refractivity contribution is 5.82.